The zero-order chi connectivity index (χ0) is 19.7. The number of nitrogens with two attached hydrogens (primary N) is 1. The number of benzene rings is 2. The fraction of sp³-hybridized carbons (Fsp3) is 0.417. The van der Waals surface area contributed by atoms with Crippen LogP contribution in [-0.4, -0.2) is 29.8 Å². The molecule has 0 radical (unpaired) electrons. The van der Waals surface area contributed by atoms with Gasteiger partial charge in [0.15, 0.2) is 0 Å². The van der Waals surface area contributed by atoms with Gasteiger partial charge in [-0.1, -0.05) is 54.1 Å². The molecule has 0 unspecified atom stereocenters. The number of likely N-dealkylation sites (tertiary alicyclic amines) is 1. The van der Waals surface area contributed by atoms with Crippen LogP contribution in [0.5, 0.6) is 0 Å². The van der Waals surface area contributed by atoms with Crippen molar-refractivity contribution >= 4 is 11.8 Å². The highest BCUT2D eigenvalue weighted by Gasteiger charge is 2.44. The summed E-state index contributed by atoms with van der Waals surface area (Å²) in [6.45, 7) is 3.28. The lowest BCUT2D eigenvalue weighted by Crippen LogP contribution is -2.53. The van der Waals surface area contributed by atoms with Crippen LogP contribution in [0, 0.1) is 18.3 Å². The molecule has 1 aliphatic carbocycles. The Morgan fingerprint density at radius 3 is 2.21 bits per heavy atom. The van der Waals surface area contributed by atoms with Crippen LogP contribution >= 0.6 is 0 Å². The van der Waals surface area contributed by atoms with E-state index in [0.717, 1.165) is 43.4 Å². The molecular weight excluding hydrogens is 348 g/mol. The van der Waals surface area contributed by atoms with Crippen LogP contribution in [0.4, 0.5) is 0 Å². The van der Waals surface area contributed by atoms with E-state index in [4.69, 9.17) is 5.73 Å². The molecule has 28 heavy (non-hydrogen) atoms. The maximum atomic E-state index is 12.5. The van der Waals surface area contributed by atoms with Crippen molar-refractivity contribution in [3.8, 4) is 11.1 Å². The van der Waals surface area contributed by atoms with Gasteiger partial charge in [-0.3, -0.25) is 9.59 Å². The Morgan fingerprint density at radius 1 is 1.04 bits per heavy atom. The Labute approximate surface area is 166 Å². The Bertz CT molecular complexity index is 868. The molecule has 1 saturated carbocycles. The van der Waals surface area contributed by atoms with Gasteiger partial charge >= 0.3 is 0 Å². The molecule has 2 fully saturated rings. The maximum Gasteiger partial charge on any atom is 0.225 e. The minimum atomic E-state index is -0.659. The largest absolute Gasteiger partial charge is 0.369 e. The van der Waals surface area contributed by atoms with Gasteiger partial charge in [0.2, 0.25) is 11.8 Å². The summed E-state index contributed by atoms with van der Waals surface area (Å²) < 4.78 is 0. The monoisotopic (exact) mass is 376 g/mol. The summed E-state index contributed by atoms with van der Waals surface area (Å²) in [7, 11) is 0. The molecule has 2 N–H and O–H groups in total. The van der Waals surface area contributed by atoms with Gasteiger partial charge in [-0.05, 0) is 55.7 Å². The average molecular weight is 377 g/mol. The fourth-order valence-corrected chi connectivity index (χ4v) is 4.29. The van der Waals surface area contributed by atoms with Crippen molar-refractivity contribution in [2.24, 2.45) is 17.1 Å². The lowest BCUT2D eigenvalue weighted by Gasteiger charge is -2.41. The highest BCUT2D eigenvalue weighted by molar-refractivity contribution is 5.85. The first-order chi connectivity index (χ1) is 13.5. The zero-order valence-corrected chi connectivity index (χ0v) is 16.5. The van der Waals surface area contributed by atoms with Crippen LogP contribution in [0.25, 0.3) is 11.1 Å². The molecule has 0 bridgehead atoms. The second-order valence-corrected chi connectivity index (χ2v) is 8.52. The molecule has 0 spiro atoms. The van der Waals surface area contributed by atoms with Crippen LogP contribution in [0.3, 0.4) is 0 Å². The number of hydrogen-bond acceptors (Lipinski definition) is 2. The molecule has 2 aromatic rings. The van der Waals surface area contributed by atoms with Crippen molar-refractivity contribution < 1.29 is 9.59 Å². The van der Waals surface area contributed by atoms with Crippen LogP contribution in [0.2, 0.25) is 0 Å². The molecule has 1 aliphatic heterocycles. The standard InChI is InChI=1S/C24H28N2O2/c1-17-3-7-19(8-4-17)20-9-5-18(6-10-20)15-24(23(25)28)13-2-14-26(16-24)22(27)21-11-12-21/h3-10,21H,2,11-16H2,1H3,(H2,25,28)/t24-/m1/s1. The molecule has 1 atom stereocenters. The van der Waals surface area contributed by atoms with Crippen molar-refractivity contribution in [1.82, 2.24) is 4.90 Å². The number of primary amides is 1. The third-order valence-electron chi connectivity index (χ3n) is 6.22. The number of rotatable bonds is 5. The van der Waals surface area contributed by atoms with Gasteiger partial charge in [0.25, 0.3) is 0 Å². The van der Waals surface area contributed by atoms with Gasteiger partial charge in [-0.15, -0.1) is 0 Å². The zero-order valence-electron chi connectivity index (χ0n) is 16.5. The van der Waals surface area contributed by atoms with Gasteiger partial charge in [-0.2, -0.15) is 0 Å². The molecule has 4 heteroatoms. The first-order valence-electron chi connectivity index (χ1n) is 10.2. The van der Waals surface area contributed by atoms with Crippen LogP contribution < -0.4 is 5.73 Å². The summed E-state index contributed by atoms with van der Waals surface area (Å²) in [6, 6.07) is 16.8. The maximum absolute atomic E-state index is 12.5. The van der Waals surface area contributed by atoms with Crippen LogP contribution in [0.15, 0.2) is 48.5 Å². The minimum absolute atomic E-state index is 0.178. The van der Waals surface area contributed by atoms with E-state index < -0.39 is 5.41 Å². The summed E-state index contributed by atoms with van der Waals surface area (Å²) in [6.07, 6.45) is 4.14. The highest BCUT2D eigenvalue weighted by atomic mass is 16.2. The SMILES string of the molecule is Cc1ccc(-c2ccc(C[C@]3(C(N)=O)CCCN(C(=O)C4CC4)C3)cc2)cc1. The van der Waals surface area contributed by atoms with E-state index in [9.17, 15) is 9.59 Å². The summed E-state index contributed by atoms with van der Waals surface area (Å²) in [4.78, 5) is 26.8. The molecular formula is C24H28N2O2. The Kier molecular flexibility index (Phi) is 4.96. The molecule has 2 aliphatic rings. The molecule has 1 heterocycles. The smallest absolute Gasteiger partial charge is 0.225 e. The predicted molar refractivity (Wildman–Crippen MR) is 110 cm³/mol. The van der Waals surface area contributed by atoms with Crippen LogP contribution in [0.1, 0.15) is 36.8 Å². The Morgan fingerprint density at radius 2 is 1.64 bits per heavy atom. The first kappa shape index (κ1) is 18.7. The third kappa shape index (κ3) is 3.82. The minimum Gasteiger partial charge on any atom is -0.369 e. The van der Waals surface area contributed by atoms with Gasteiger partial charge in [-0.25, -0.2) is 0 Å². The Balaban J connectivity index is 1.52. The third-order valence-corrected chi connectivity index (χ3v) is 6.22. The summed E-state index contributed by atoms with van der Waals surface area (Å²) >= 11 is 0. The highest BCUT2D eigenvalue weighted by Crippen LogP contribution is 2.38. The first-order valence-corrected chi connectivity index (χ1v) is 10.2. The fourth-order valence-electron chi connectivity index (χ4n) is 4.29. The Hall–Kier alpha value is -2.62. The lowest BCUT2D eigenvalue weighted by molar-refractivity contribution is -0.140. The van der Waals surface area contributed by atoms with Gasteiger partial charge in [0.1, 0.15) is 0 Å². The second kappa shape index (κ2) is 7.42. The number of nitrogens with zero attached hydrogens (tertiary/aromatic N) is 1. The quantitative estimate of drug-likeness (QED) is 0.865. The van der Waals surface area contributed by atoms with Crippen LogP contribution in [-0.2, 0) is 16.0 Å². The second-order valence-electron chi connectivity index (χ2n) is 8.52. The topological polar surface area (TPSA) is 63.4 Å². The molecule has 146 valence electrons. The molecule has 2 aromatic carbocycles. The number of amides is 2. The number of carbonyl (C=O) groups is 2. The number of piperidine rings is 1. The number of carbonyl (C=O) groups excluding carboxylic acids is 2. The molecule has 2 amide bonds. The van der Waals surface area contributed by atoms with Gasteiger partial charge in [0, 0.05) is 19.0 Å². The van der Waals surface area contributed by atoms with Crippen molar-refractivity contribution in [2.45, 2.75) is 39.0 Å². The molecule has 4 nitrogen and oxygen atoms in total. The van der Waals surface area contributed by atoms with Gasteiger partial charge in [0.05, 0.1) is 5.41 Å². The van der Waals surface area contributed by atoms with E-state index in [1.54, 1.807) is 0 Å². The summed E-state index contributed by atoms with van der Waals surface area (Å²) in [5.41, 5.74) is 9.88. The van der Waals surface area contributed by atoms with Crippen molar-refractivity contribution in [3.05, 3.63) is 59.7 Å². The normalized spacial score (nSPS) is 22.1. The van der Waals surface area contributed by atoms with E-state index in [-0.39, 0.29) is 17.7 Å². The van der Waals surface area contributed by atoms with Crippen molar-refractivity contribution in [3.63, 3.8) is 0 Å². The number of hydrogen-bond donors (Lipinski definition) is 1. The number of aryl methyl sites for hydroxylation is 1. The van der Waals surface area contributed by atoms with Gasteiger partial charge < -0.3 is 10.6 Å². The van der Waals surface area contributed by atoms with E-state index in [2.05, 4.69) is 55.5 Å². The molecule has 4 rings (SSSR count). The predicted octanol–water partition coefficient (Wildman–Crippen LogP) is 3.71. The average Bonchev–Trinajstić information content (AvgIpc) is 3.54. The van der Waals surface area contributed by atoms with E-state index in [1.165, 1.54) is 11.1 Å². The summed E-state index contributed by atoms with van der Waals surface area (Å²) in [5, 5.41) is 0. The lowest BCUT2D eigenvalue weighted by atomic mass is 9.74. The van der Waals surface area contributed by atoms with Crippen molar-refractivity contribution in [1.29, 1.82) is 0 Å². The molecule has 0 aromatic heterocycles. The van der Waals surface area contributed by atoms with E-state index in [1.807, 2.05) is 4.90 Å². The van der Waals surface area contributed by atoms with Crippen molar-refractivity contribution in [2.75, 3.05) is 13.1 Å². The molecule has 1 saturated heterocycles. The van der Waals surface area contributed by atoms with E-state index in [0.29, 0.717) is 13.0 Å². The van der Waals surface area contributed by atoms with E-state index >= 15 is 0 Å². The summed E-state index contributed by atoms with van der Waals surface area (Å²) in [5.74, 6) is 0.0981.